The topological polar surface area (TPSA) is 35.2 Å². The number of hydrogen-bond donors (Lipinski definition) is 1. The molecule has 0 aliphatic heterocycles. The Balaban J connectivity index is 2.11. The van der Waals surface area contributed by atoms with Gasteiger partial charge in [-0.15, -0.1) is 0 Å². The van der Waals surface area contributed by atoms with Gasteiger partial charge in [-0.25, -0.2) is 0 Å². The van der Waals surface area contributed by atoms with Crippen molar-refractivity contribution in [2.24, 2.45) is 5.73 Å². The largest absolute Gasteiger partial charge is 0.382 e. The van der Waals surface area contributed by atoms with Gasteiger partial charge in [0.1, 0.15) is 0 Å². The zero-order valence-electron chi connectivity index (χ0n) is 11.7. The molecule has 1 aromatic carbocycles. The number of hydrogen-bond acceptors (Lipinski definition) is 2. The van der Waals surface area contributed by atoms with E-state index in [0.29, 0.717) is 0 Å². The minimum Gasteiger partial charge on any atom is -0.382 e. The molecule has 1 atom stereocenters. The molecule has 0 heterocycles. The first-order valence-electron chi connectivity index (χ1n) is 7.12. The SMILES string of the molecule is CCOCCC(C)(N)c1ccc2c(c1)CCCC2. The van der Waals surface area contributed by atoms with E-state index in [1.165, 1.54) is 42.4 Å². The Morgan fingerprint density at radius 1 is 1.22 bits per heavy atom. The number of nitrogens with two attached hydrogens (primary N) is 1. The van der Waals surface area contributed by atoms with Gasteiger partial charge in [0, 0.05) is 18.8 Å². The molecule has 0 bridgehead atoms. The summed E-state index contributed by atoms with van der Waals surface area (Å²) < 4.78 is 5.42. The summed E-state index contributed by atoms with van der Waals surface area (Å²) in [6, 6.07) is 6.80. The van der Waals surface area contributed by atoms with Crippen molar-refractivity contribution in [2.45, 2.75) is 51.5 Å². The third-order valence-electron chi connectivity index (χ3n) is 3.98. The Morgan fingerprint density at radius 2 is 1.94 bits per heavy atom. The fourth-order valence-corrected chi connectivity index (χ4v) is 2.66. The highest BCUT2D eigenvalue weighted by molar-refractivity contribution is 5.36. The molecule has 100 valence electrons. The van der Waals surface area contributed by atoms with E-state index in [-0.39, 0.29) is 5.54 Å². The van der Waals surface area contributed by atoms with Gasteiger partial charge in [-0.05, 0) is 62.6 Å². The molecule has 1 aromatic rings. The standard InChI is InChI=1S/C16H25NO/c1-3-18-11-10-16(2,17)15-9-8-13-6-4-5-7-14(13)12-15/h8-9,12H,3-7,10-11,17H2,1-2H3. The summed E-state index contributed by atoms with van der Waals surface area (Å²) >= 11 is 0. The van der Waals surface area contributed by atoms with E-state index in [1.54, 1.807) is 0 Å². The van der Waals surface area contributed by atoms with Crippen LogP contribution in [-0.2, 0) is 23.1 Å². The van der Waals surface area contributed by atoms with Crippen LogP contribution in [0.2, 0.25) is 0 Å². The molecular formula is C16H25NO. The fraction of sp³-hybridized carbons (Fsp3) is 0.625. The molecule has 1 aliphatic carbocycles. The van der Waals surface area contributed by atoms with E-state index in [2.05, 4.69) is 25.1 Å². The molecule has 0 radical (unpaired) electrons. The van der Waals surface area contributed by atoms with E-state index in [9.17, 15) is 0 Å². The molecule has 0 spiro atoms. The van der Waals surface area contributed by atoms with Gasteiger partial charge in [0.15, 0.2) is 0 Å². The lowest BCUT2D eigenvalue weighted by atomic mass is 9.84. The minimum atomic E-state index is -0.276. The molecule has 18 heavy (non-hydrogen) atoms. The molecule has 2 rings (SSSR count). The second kappa shape index (κ2) is 5.85. The summed E-state index contributed by atoms with van der Waals surface area (Å²) in [6.07, 6.45) is 5.97. The van der Waals surface area contributed by atoms with Gasteiger partial charge in [0.25, 0.3) is 0 Å². The highest BCUT2D eigenvalue weighted by atomic mass is 16.5. The Labute approximate surface area is 111 Å². The normalized spacial score (nSPS) is 18.2. The average Bonchev–Trinajstić information content (AvgIpc) is 2.38. The van der Waals surface area contributed by atoms with Crippen molar-refractivity contribution < 1.29 is 4.74 Å². The third-order valence-corrected chi connectivity index (χ3v) is 3.98. The lowest BCUT2D eigenvalue weighted by Crippen LogP contribution is -2.34. The highest BCUT2D eigenvalue weighted by Crippen LogP contribution is 2.28. The van der Waals surface area contributed by atoms with Crippen molar-refractivity contribution in [3.05, 3.63) is 34.9 Å². The predicted molar refractivity (Wildman–Crippen MR) is 75.7 cm³/mol. The molecule has 0 amide bonds. The van der Waals surface area contributed by atoms with Crippen molar-refractivity contribution >= 4 is 0 Å². The van der Waals surface area contributed by atoms with E-state index in [0.717, 1.165) is 19.6 Å². The van der Waals surface area contributed by atoms with Gasteiger partial charge in [0.2, 0.25) is 0 Å². The molecular weight excluding hydrogens is 222 g/mol. The molecule has 2 nitrogen and oxygen atoms in total. The average molecular weight is 247 g/mol. The van der Waals surface area contributed by atoms with Gasteiger partial charge in [-0.2, -0.15) is 0 Å². The van der Waals surface area contributed by atoms with E-state index in [4.69, 9.17) is 10.5 Å². The summed E-state index contributed by atoms with van der Waals surface area (Å²) in [4.78, 5) is 0. The molecule has 0 saturated heterocycles. The Hall–Kier alpha value is -0.860. The van der Waals surface area contributed by atoms with Crippen LogP contribution in [0, 0.1) is 0 Å². The van der Waals surface area contributed by atoms with Gasteiger partial charge < -0.3 is 10.5 Å². The number of rotatable bonds is 5. The number of fused-ring (bicyclic) bond motifs is 1. The Morgan fingerprint density at radius 3 is 2.67 bits per heavy atom. The first-order chi connectivity index (χ1) is 8.63. The number of benzene rings is 1. The smallest absolute Gasteiger partial charge is 0.0486 e. The maximum Gasteiger partial charge on any atom is 0.0486 e. The zero-order chi connectivity index (χ0) is 13.0. The minimum absolute atomic E-state index is 0.276. The van der Waals surface area contributed by atoms with Gasteiger partial charge in [0.05, 0.1) is 0 Å². The van der Waals surface area contributed by atoms with Crippen molar-refractivity contribution in [3.63, 3.8) is 0 Å². The molecule has 1 aliphatic rings. The van der Waals surface area contributed by atoms with Crippen molar-refractivity contribution in [1.29, 1.82) is 0 Å². The van der Waals surface area contributed by atoms with Crippen LogP contribution >= 0.6 is 0 Å². The van der Waals surface area contributed by atoms with E-state index in [1.807, 2.05) is 6.92 Å². The lowest BCUT2D eigenvalue weighted by molar-refractivity contribution is 0.128. The summed E-state index contributed by atoms with van der Waals surface area (Å²) in [5, 5.41) is 0. The van der Waals surface area contributed by atoms with Crippen molar-refractivity contribution in [1.82, 2.24) is 0 Å². The number of ether oxygens (including phenoxy) is 1. The third kappa shape index (κ3) is 3.12. The first-order valence-corrected chi connectivity index (χ1v) is 7.12. The maximum atomic E-state index is 6.43. The summed E-state index contributed by atoms with van der Waals surface area (Å²) in [5.41, 5.74) is 10.4. The predicted octanol–water partition coefficient (Wildman–Crippen LogP) is 3.17. The molecule has 2 N–H and O–H groups in total. The van der Waals surface area contributed by atoms with Gasteiger partial charge in [-0.1, -0.05) is 18.2 Å². The van der Waals surface area contributed by atoms with E-state index < -0.39 is 0 Å². The number of aryl methyl sites for hydroxylation is 2. The van der Waals surface area contributed by atoms with Crippen LogP contribution in [0.3, 0.4) is 0 Å². The van der Waals surface area contributed by atoms with Crippen LogP contribution < -0.4 is 5.73 Å². The molecule has 2 heteroatoms. The van der Waals surface area contributed by atoms with Gasteiger partial charge >= 0.3 is 0 Å². The summed E-state index contributed by atoms with van der Waals surface area (Å²) in [7, 11) is 0. The van der Waals surface area contributed by atoms with Crippen LogP contribution in [0.1, 0.15) is 49.8 Å². The van der Waals surface area contributed by atoms with Crippen molar-refractivity contribution in [2.75, 3.05) is 13.2 Å². The highest BCUT2D eigenvalue weighted by Gasteiger charge is 2.22. The molecule has 0 saturated carbocycles. The molecule has 1 unspecified atom stereocenters. The van der Waals surface area contributed by atoms with Crippen LogP contribution in [0.4, 0.5) is 0 Å². The second-order valence-electron chi connectivity index (χ2n) is 5.55. The van der Waals surface area contributed by atoms with Crippen LogP contribution in [0.5, 0.6) is 0 Å². The Kier molecular flexibility index (Phi) is 4.41. The fourth-order valence-electron chi connectivity index (χ4n) is 2.66. The zero-order valence-corrected chi connectivity index (χ0v) is 11.7. The lowest BCUT2D eigenvalue weighted by Gasteiger charge is -2.27. The van der Waals surface area contributed by atoms with Gasteiger partial charge in [-0.3, -0.25) is 0 Å². The first kappa shape index (κ1) is 13.6. The molecule has 0 aromatic heterocycles. The quantitative estimate of drug-likeness (QED) is 0.811. The van der Waals surface area contributed by atoms with Crippen LogP contribution in [0.15, 0.2) is 18.2 Å². The van der Waals surface area contributed by atoms with Crippen LogP contribution in [-0.4, -0.2) is 13.2 Å². The maximum absolute atomic E-state index is 6.43. The summed E-state index contributed by atoms with van der Waals surface area (Å²) in [5.74, 6) is 0. The second-order valence-corrected chi connectivity index (χ2v) is 5.55. The summed E-state index contributed by atoms with van der Waals surface area (Å²) in [6.45, 7) is 5.63. The van der Waals surface area contributed by atoms with Crippen LogP contribution in [0.25, 0.3) is 0 Å². The molecule has 0 fully saturated rings. The van der Waals surface area contributed by atoms with Crippen molar-refractivity contribution in [3.8, 4) is 0 Å². The van der Waals surface area contributed by atoms with E-state index >= 15 is 0 Å². The monoisotopic (exact) mass is 247 g/mol. The Bertz CT molecular complexity index is 398.